The molecule has 0 aliphatic carbocycles. The Morgan fingerprint density at radius 2 is 1.96 bits per heavy atom. The molecule has 0 aliphatic rings. The van der Waals surface area contributed by atoms with Crippen molar-refractivity contribution in [2.45, 2.75) is 19.8 Å². The molecule has 1 rings (SSSR count). The van der Waals surface area contributed by atoms with Crippen LogP contribution in [0.4, 0.5) is 0 Å². The number of carboxylic acids is 1. The minimum absolute atomic E-state index is 0.120. The van der Waals surface area contributed by atoms with Crippen LogP contribution in [0, 0.1) is 0 Å². The number of amides is 2. The highest BCUT2D eigenvalue weighted by Gasteiger charge is 2.15. The highest BCUT2D eigenvalue weighted by atomic mass is 16.6. The predicted octanol–water partition coefficient (Wildman–Crippen LogP) is 1.18. The standard InChI is InChI=1S/C17H19NO7/c1-3-4-15(20)18(11-19)8-7-17(23)25-13-6-5-12(10-16(21)22)9-14(13)24-2/h3-6,9,11H,7-8,10H2,1-2H3,(H,21,22)/b4-3-. The number of ether oxygens (including phenoxy) is 2. The number of aliphatic carboxylic acids is 1. The Hall–Kier alpha value is -3.16. The second kappa shape index (κ2) is 9.86. The monoisotopic (exact) mass is 349 g/mol. The van der Waals surface area contributed by atoms with Crippen molar-refractivity contribution in [2.24, 2.45) is 0 Å². The molecule has 25 heavy (non-hydrogen) atoms. The Kier molecular flexibility index (Phi) is 7.85. The van der Waals surface area contributed by atoms with Gasteiger partial charge in [-0.1, -0.05) is 12.1 Å². The van der Waals surface area contributed by atoms with Gasteiger partial charge in [0.15, 0.2) is 11.5 Å². The molecule has 0 spiro atoms. The number of esters is 1. The van der Waals surface area contributed by atoms with Gasteiger partial charge >= 0.3 is 11.9 Å². The normalized spacial score (nSPS) is 10.3. The Morgan fingerprint density at radius 1 is 1.24 bits per heavy atom. The third kappa shape index (κ3) is 6.46. The van der Waals surface area contributed by atoms with E-state index in [9.17, 15) is 19.2 Å². The second-order valence-corrected chi connectivity index (χ2v) is 4.92. The minimum atomic E-state index is -0.994. The zero-order chi connectivity index (χ0) is 18.8. The summed E-state index contributed by atoms with van der Waals surface area (Å²) < 4.78 is 10.2. The van der Waals surface area contributed by atoms with Crippen molar-refractivity contribution >= 4 is 24.3 Å². The van der Waals surface area contributed by atoms with E-state index in [1.165, 1.54) is 37.5 Å². The maximum atomic E-state index is 11.9. The molecule has 2 amide bonds. The summed E-state index contributed by atoms with van der Waals surface area (Å²) in [5.41, 5.74) is 0.494. The summed E-state index contributed by atoms with van der Waals surface area (Å²) in [6.45, 7) is 1.51. The average Bonchev–Trinajstić information content (AvgIpc) is 2.56. The van der Waals surface area contributed by atoms with E-state index in [-0.39, 0.29) is 30.9 Å². The van der Waals surface area contributed by atoms with Crippen LogP contribution in [0.25, 0.3) is 0 Å². The maximum absolute atomic E-state index is 11.9. The van der Waals surface area contributed by atoms with Gasteiger partial charge in [0.25, 0.3) is 5.91 Å². The molecule has 134 valence electrons. The lowest BCUT2D eigenvalue weighted by molar-refractivity contribution is -0.138. The lowest BCUT2D eigenvalue weighted by Crippen LogP contribution is -2.31. The van der Waals surface area contributed by atoms with Gasteiger partial charge in [0, 0.05) is 6.54 Å². The first kappa shape index (κ1) is 19.9. The number of nitrogens with zero attached hydrogens (tertiary/aromatic N) is 1. The lowest BCUT2D eigenvalue weighted by atomic mass is 10.1. The molecule has 8 nitrogen and oxygen atoms in total. The number of allylic oxidation sites excluding steroid dienone is 1. The molecule has 0 atom stereocenters. The SMILES string of the molecule is C/C=C\C(=O)N(C=O)CCC(=O)Oc1ccc(CC(=O)O)cc1OC. The van der Waals surface area contributed by atoms with Gasteiger partial charge in [-0.15, -0.1) is 0 Å². The summed E-state index contributed by atoms with van der Waals surface area (Å²) in [7, 11) is 1.36. The molecule has 0 fully saturated rings. The van der Waals surface area contributed by atoms with Gasteiger partial charge in [-0.05, 0) is 30.7 Å². The van der Waals surface area contributed by atoms with E-state index in [4.69, 9.17) is 14.6 Å². The van der Waals surface area contributed by atoms with Crippen LogP contribution in [0.3, 0.4) is 0 Å². The van der Waals surface area contributed by atoms with Gasteiger partial charge < -0.3 is 14.6 Å². The number of hydrogen-bond acceptors (Lipinski definition) is 6. The Balaban J connectivity index is 2.71. The summed E-state index contributed by atoms with van der Waals surface area (Å²) in [6, 6.07) is 4.40. The predicted molar refractivity (Wildman–Crippen MR) is 87.2 cm³/mol. The quantitative estimate of drug-likeness (QED) is 0.308. The van der Waals surface area contributed by atoms with Crippen LogP contribution in [-0.2, 0) is 25.6 Å². The summed E-state index contributed by atoms with van der Waals surface area (Å²) in [6.07, 6.45) is 2.66. The summed E-state index contributed by atoms with van der Waals surface area (Å²) >= 11 is 0. The van der Waals surface area contributed by atoms with Gasteiger partial charge in [0.1, 0.15) is 0 Å². The highest BCUT2D eigenvalue weighted by Crippen LogP contribution is 2.28. The molecule has 0 aliphatic heterocycles. The number of hydrogen-bond donors (Lipinski definition) is 1. The second-order valence-electron chi connectivity index (χ2n) is 4.92. The molecule has 0 saturated heterocycles. The third-order valence-corrected chi connectivity index (χ3v) is 3.08. The smallest absolute Gasteiger partial charge is 0.313 e. The van der Waals surface area contributed by atoms with Crippen molar-refractivity contribution in [1.29, 1.82) is 0 Å². The van der Waals surface area contributed by atoms with Crippen molar-refractivity contribution < 1.29 is 33.8 Å². The summed E-state index contributed by atoms with van der Waals surface area (Å²) in [5.74, 6) is -1.85. The van der Waals surface area contributed by atoms with E-state index < -0.39 is 17.8 Å². The number of methoxy groups -OCH3 is 1. The maximum Gasteiger partial charge on any atom is 0.313 e. The Morgan fingerprint density at radius 3 is 2.52 bits per heavy atom. The number of benzene rings is 1. The molecule has 0 aromatic heterocycles. The van der Waals surface area contributed by atoms with Crippen LogP contribution in [-0.4, -0.2) is 47.9 Å². The van der Waals surface area contributed by atoms with Crippen molar-refractivity contribution in [3.05, 3.63) is 35.9 Å². The molecule has 0 saturated carbocycles. The fourth-order valence-electron chi connectivity index (χ4n) is 1.92. The van der Waals surface area contributed by atoms with Gasteiger partial charge in [0.2, 0.25) is 6.41 Å². The summed E-state index contributed by atoms with van der Waals surface area (Å²) in [4.78, 5) is 45.9. The minimum Gasteiger partial charge on any atom is -0.493 e. The first-order valence-corrected chi connectivity index (χ1v) is 7.39. The van der Waals surface area contributed by atoms with E-state index in [1.807, 2.05) is 0 Å². The van der Waals surface area contributed by atoms with Crippen LogP contribution in [0.1, 0.15) is 18.9 Å². The van der Waals surface area contributed by atoms with E-state index in [0.717, 1.165) is 4.90 Å². The molecule has 0 heterocycles. The number of imide groups is 1. The van der Waals surface area contributed by atoms with Crippen LogP contribution in [0.2, 0.25) is 0 Å². The third-order valence-electron chi connectivity index (χ3n) is 3.08. The number of carboxylic acid groups (broad SMARTS) is 1. The zero-order valence-corrected chi connectivity index (χ0v) is 13.9. The topological polar surface area (TPSA) is 110 Å². The molecule has 1 aromatic carbocycles. The molecular formula is C17H19NO7. The molecular weight excluding hydrogens is 330 g/mol. The Labute approximate surface area is 144 Å². The van der Waals surface area contributed by atoms with Gasteiger partial charge in [-0.2, -0.15) is 0 Å². The zero-order valence-electron chi connectivity index (χ0n) is 13.9. The van der Waals surface area contributed by atoms with Crippen LogP contribution in [0.5, 0.6) is 11.5 Å². The summed E-state index contributed by atoms with van der Waals surface area (Å²) in [5, 5.41) is 8.78. The first-order valence-electron chi connectivity index (χ1n) is 7.39. The van der Waals surface area contributed by atoms with Crippen molar-refractivity contribution in [3.63, 3.8) is 0 Å². The van der Waals surface area contributed by atoms with Crippen LogP contribution < -0.4 is 9.47 Å². The van der Waals surface area contributed by atoms with Gasteiger partial charge in [0.05, 0.1) is 20.0 Å². The molecule has 1 aromatic rings. The fourth-order valence-corrected chi connectivity index (χ4v) is 1.92. The fraction of sp³-hybridized carbons (Fsp3) is 0.294. The van der Waals surface area contributed by atoms with Crippen LogP contribution >= 0.6 is 0 Å². The molecule has 1 N–H and O–H groups in total. The molecule has 8 heteroatoms. The number of rotatable bonds is 9. The van der Waals surface area contributed by atoms with Gasteiger partial charge in [-0.25, -0.2) is 0 Å². The van der Waals surface area contributed by atoms with Crippen molar-refractivity contribution in [2.75, 3.05) is 13.7 Å². The Bertz CT molecular complexity index is 682. The number of carbonyl (C=O) groups is 4. The average molecular weight is 349 g/mol. The number of carbonyl (C=O) groups excluding carboxylic acids is 3. The largest absolute Gasteiger partial charge is 0.493 e. The first-order chi connectivity index (χ1) is 11.9. The van der Waals surface area contributed by atoms with E-state index in [1.54, 1.807) is 6.92 Å². The van der Waals surface area contributed by atoms with Crippen molar-refractivity contribution in [3.8, 4) is 11.5 Å². The molecule has 0 unspecified atom stereocenters. The molecule has 0 bridgehead atoms. The molecule has 0 radical (unpaired) electrons. The van der Waals surface area contributed by atoms with Crippen molar-refractivity contribution in [1.82, 2.24) is 4.90 Å². The van der Waals surface area contributed by atoms with Crippen LogP contribution in [0.15, 0.2) is 30.4 Å². The van der Waals surface area contributed by atoms with E-state index >= 15 is 0 Å². The lowest BCUT2D eigenvalue weighted by Gasteiger charge is -2.14. The van der Waals surface area contributed by atoms with E-state index in [0.29, 0.717) is 12.0 Å². The van der Waals surface area contributed by atoms with E-state index in [2.05, 4.69) is 0 Å². The highest BCUT2D eigenvalue weighted by molar-refractivity contribution is 5.94. The van der Waals surface area contributed by atoms with Gasteiger partial charge in [-0.3, -0.25) is 24.1 Å².